The number of carbonyl (C=O) groups is 1. The summed E-state index contributed by atoms with van der Waals surface area (Å²) in [6.45, 7) is 2.16. The van der Waals surface area contributed by atoms with Gasteiger partial charge in [-0.3, -0.25) is 4.79 Å². The van der Waals surface area contributed by atoms with Crippen LogP contribution < -0.4 is 5.73 Å². The highest BCUT2D eigenvalue weighted by atomic mass is 16.1. The van der Waals surface area contributed by atoms with E-state index >= 15 is 0 Å². The summed E-state index contributed by atoms with van der Waals surface area (Å²) in [5, 5.41) is 0. The Morgan fingerprint density at radius 1 is 1.70 bits per heavy atom. The summed E-state index contributed by atoms with van der Waals surface area (Å²) < 4.78 is 0. The van der Waals surface area contributed by atoms with Crippen LogP contribution in [-0.2, 0) is 4.79 Å². The van der Waals surface area contributed by atoms with Crippen LogP contribution in [0.15, 0.2) is 0 Å². The van der Waals surface area contributed by atoms with E-state index in [1.807, 2.05) is 0 Å². The minimum absolute atomic E-state index is 0.154. The van der Waals surface area contributed by atoms with Crippen molar-refractivity contribution >= 4 is 5.78 Å². The smallest absolute Gasteiger partial charge is 0.149 e. The fraction of sp³-hybridized carbons (Fsp3) is 0.875. The van der Waals surface area contributed by atoms with Crippen molar-refractivity contribution in [2.45, 2.75) is 38.6 Å². The maximum Gasteiger partial charge on any atom is 0.149 e. The summed E-state index contributed by atoms with van der Waals surface area (Å²) in [6.07, 6.45) is 3.85. The number of hydrogen-bond acceptors (Lipinski definition) is 2. The third-order valence-corrected chi connectivity index (χ3v) is 2.38. The lowest BCUT2D eigenvalue weighted by Crippen LogP contribution is -2.36. The molecule has 0 aromatic rings. The molecule has 1 aliphatic carbocycles. The molecule has 2 atom stereocenters. The molecule has 0 aromatic heterocycles. The predicted molar refractivity (Wildman–Crippen MR) is 40.6 cm³/mol. The Morgan fingerprint density at radius 3 is 2.90 bits per heavy atom. The Balaban J connectivity index is 2.40. The molecule has 0 spiro atoms. The summed E-state index contributed by atoms with van der Waals surface area (Å²) in [6, 6.07) is -0.154. The van der Waals surface area contributed by atoms with Crippen molar-refractivity contribution in [2.75, 3.05) is 0 Å². The van der Waals surface area contributed by atoms with Gasteiger partial charge in [-0.1, -0.05) is 13.3 Å². The Bertz CT molecular complexity index is 133. The maximum atomic E-state index is 10.9. The molecule has 1 saturated carbocycles. The van der Waals surface area contributed by atoms with E-state index < -0.39 is 0 Å². The van der Waals surface area contributed by atoms with Gasteiger partial charge in [-0.15, -0.1) is 0 Å². The zero-order valence-corrected chi connectivity index (χ0v) is 6.47. The van der Waals surface area contributed by atoms with E-state index in [4.69, 9.17) is 5.73 Å². The fourth-order valence-corrected chi connectivity index (χ4v) is 1.51. The average Bonchev–Trinajstić information content (AvgIpc) is 1.95. The Labute approximate surface area is 61.8 Å². The summed E-state index contributed by atoms with van der Waals surface area (Å²) in [5.74, 6) is 0.956. The average molecular weight is 141 g/mol. The normalized spacial score (nSPS) is 34.4. The molecule has 58 valence electrons. The molecule has 10 heavy (non-hydrogen) atoms. The first-order valence-corrected chi connectivity index (χ1v) is 4.02. The van der Waals surface area contributed by atoms with Crippen molar-refractivity contribution in [1.82, 2.24) is 0 Å². The maximum absolute atomic E-state index is 10.9. The molecule has 0 saturated heterocycles. The third-order valence-electron chi connectivity index (χ3n) is 2.38. The summed E-state index contributed by atoms with van der Waals surface area (Å²) in [4.78, 5) is 10.9. The van der Waals surface area contributed by atoms with Crippen molar-refractivity contribution in [2.24, 2.45) is 11.7 Å². The van der Waals surface area contributed by atoms with Crippen LogP contribution in [0.25, 0.3) is 0 Å². The second kappa shape index (κ2) is 3.15. The number of rotatable bonds is 1. The van der Waals surface area contributed by atoms with Gasteiger partial charge in [0.1, 0.15) is 5.78 Å². The van der Waals surface area contributed by atoms with E-state index in [9.17, 15) is 4.79 Å². The lowest BCUT2D eigenvalue weighted by molar-refractivity contribution is -0.122. The minimum atomic E-state index is -0.154. The van der Waals surface area contributed by atoms with E-state index in [1.54, 1.807) is 0 Å². The standard InChI is InChI=1S/C8H15NO/c1-2-6-3-4-8(10)7(9)5-6/h6-7H,2-5,9H2,1H3/t6-,7-/m1/s1. The second-order valence-electron chi connectivity index (χ2n) is 3.12. The number of ketones is 1. The van der Waals surface area contributed by atoms with Gasteiger partial charge in [0.2, 0.25) is 0 Å². The van der Waals surface area contributed by atoms with Gasteiger partial charge in [-0.2, -0.15) is 0 Å². The first-order valence-electron chi connectivity index (χ1n) is 4.02. The lowest BCUT2D eigenvalue weighted by atomic mass is 9.84. The Kier molecular flexibility index (Phi) is 2.44. The molecule has 0 bridgehead atoms. The largest absolute Gasteiger partial charge is 0.322 e. The van der Waals surface area contributed by atoms with Crippen molar-refractivity contribution < 1.29 is 4.79 Å². The quantitative estimate of drug-likeness (QED) is 0.594. The van der Waals surface area contributed by atoms with Crippen LogP contribution in [0.4, 0.5) is 0 Å². The fourth-order valence-electron chi connectivity index (χ4n) is 1.51. The van der Waals surface area contributed by atoms with Crippen LogP contribution in [0.2, 0.25) is 0 Å². The lowest BCUT2D eigenvalue weighted by Gasteiger charge is -2.24. The number of carbonyl (C=O) groups excluding carboxylic acids is 1. The molecule has 0 radical (unpaired) electrons. The molecule has 0 heterocycles. The molecule has 0 unspecified atom stereocenters. The Morgan fingerprint density at radius 2 is 2.40 bits per heavy atom. The van der Waals surface area contributed by atoms with Crippen LogP contribution in [0.5, 0.6) is 0 Å². The van der Waals surface area contributed by atoms with E-state index in [2.05, 4.69) is 6.92 Å². The van der Waals surface area contributed by atoms with Gasteiger partial charge < -0.3 is 5.73 Å². The Hall–Kier alpha value is -0.370. The van der Waals surface area contributed by atoms with E-state index in [0.29, 0.717) is 12.3 Å². The van der Waals surface area contributed by atoms with Gasteiger partial charge in [0.25, 0.3) is 0 Å². The predicted octanol–water partition coefficient (Wildman–Crippen LogP) is 1.09. The minimum Gasteiger partial charge on any atom is -0.322 e. The highest BCUT2D eigenvalue weighted by Gasteiger charge is 2.24. The van der Waals surface area contributed by atoms with Crippen LogP contribution in [0.3, 0.4) is 0 Å². The van der Waals surface area contributed by atoms with Gasteiger partial charge in [-0.25, -0.2) is 0 Å². The molecule has 1 aliphatic rings. The van der Waals surface area contributed by atoms with E-state index in [0.717, 1.165) is 12.8 Å². The van der Waals surface area contributed by atoms with Crippen molar-refractivity contribution in [1.29, 1.82) is 0 Å². The molecular weight excluding hydrogens is 126 g/mol. The molecular formula is C8H15NO. The number of Topliss-reactive ketones (excluding diaryl/α,β-unsaturated/α-hetero) is 1. The van der Waals surface area contributed by atoms with E-state index in [-0.39, 0.29) is 11.8 Å². The van der Waals surface area contributed by atoms with Crippen molar-refractivity contribution in [3.05, 3.63) is 0 Å². The number of nitrogens with two attached hydrogens (primary N) is 1. The van der Waals surface area contributed by atoms with Crippen LogP contribution in [-0.4, -0.2) is 11.8 Å². The molecule has 1 rings (SSSR count). The third kappa shape index (κ3) is 1.57. The highest BCUT2D eigenvalue weighted by molar-refractivity contribution is 5.84. The molecule has 2 N–H and O–H groups in total. The topological polar surface area (TPSA) is 43.1 Å². The van der Waals surface area contributed by atoms with Gasteiger partial charge in [-0.05, 0) is 18.8 Å². The summed E-state index contributed by atoms with van der Waals surface area (Å²) in [7, 11) is 0. The zero-order valence-electron chi connectivity index (χ0n) is 6.47. The number of hydrogen-bond donors (Lipinski definition) is 1. The van der Waals surface area contributed by atoms with Gasteiger partial charge in [0.05, 0.1) is 6.04 Å². The van der Waals surface area contributed by atoms with E-state index in [1.165, 1.54) is 6.42 Å². The van der Waals surface area contributed by atoms with Crippen molar-refractivity contribution in [3.8, 4) is 0 Å². The molecule has 0 aliphatic heterocycles. The summed E-state index contributed by atoms with van der Waals surface area (Å²) >= 11 is 0. The summed E-state index contributed by atoms with van der Waals surface area (Å²) in [5.41, 5.74) is 5.59. The zero-order chi connectivity index (χ0) is 7.56. The van der Waals surface area contributed by atoms with Gasteiger partial charge in [0.15, 0.2) is 0 Å². The van der Waals surface area contributed by atoms with Crippen LogP contribution in [0.1, 0.15) is 32.6 Å². The van der Waals surface area contributed by atoms with Crippen molar-refractivity contribution in [3.63, 3.8) is 0 Å². The SMILES string of the molecule is CC[C@@H]1CCC(=O)[C@H](N)C1. The van der Waals surface area contributed by atoms with Gasteiger partial charge in [0, 0.05) is 6.42 Å². The molecule has 1 fully saturated rings. The first kappa shape index (κ1) is 7.73. The van der Waals surface area contributed by atoms with Gasteiger partial charge >= 0.3 is 0 Å². The van der Waals surface area contributed by atoms with Crippen LogP contribution >= 0.6 is 0 Å². The van der Waals surface area contributed by atoms with Crippen LogP contribution in [0, 0.1) is 5.92 Å². The highest BCUT2D eigenvalue weighted by Crippen LogP contribution is 2.22. The molecule has 2 heteroatoms. The molecule has 0 aromatic carbocycles. The molecule has 2 nitrogen and oxygen atoms in total. The first-order chi connectivity index (χ1) is 4.74. The second-order valence-corrected chi connectivity index (χ2v) is 3.12. The molecule has 0 amide bonds. The monoisotopic (exact) mass is 141 g/mol.